The number of nitrogens with zero attached hydrogens (tertiary/aromatic N) is 5. The number of anilines is 1. The number of aliphatic hydroxyl groups excluding tert-OH is 1. The molecule has 1 atom stereocenters. The molecule has 2 N–H and O–H groups in total. The number of rotatable bonds is 5. The second-order valence-electron chi connectivity index (χ2n) is 10.4. The lowest BCUT2D eigenvalue weighted by atomic mass is 9.70. The Hall–Kier alpha value is -3.94. The minimum absolute atomic E-state index is 0.0392. The maximum atomic E-state index is 13.6. The number of aryl methyl sites for hydroxylation is 2. The van der Waals surface area contributed by atoms with Crippen molar-refractivity contribution in [2.75, 3.05) is 38.7 Å². The first-order valence-electron chi connectivity index (χ1n) is 12.7. The lowest BCUT2D eigenvalue weighted by molar-refractivity contribution is 0.0534. The zero-order valence-corrected chi connectivity index (χ0v) is 23.0. The number of hydrogen-bond donors (Lipinski definition) is 2. The number of nitrogens with one attached hydrogen (secondary N) is 1. The lowest BCUT2D eigenvalue weighted by Gasteiger charge is -2.55. The molecule has 0 saturated carbocycles. The van der Waals surface area contributed by atoms with Gasteiger partial charge in [-0.3, -0.25) is 0 Å². The average molecular weight is 569 g/mol. The van der Waals surface area contributed by atoms with Crippen LogP contribution in [0.4, 0.5) is 14.9 Å². The Labute approximate surface area is 230 Å². The molecule has 6 rings (SSSR count). The van der Waals surface area contributed by atoms with E-state index in [9.17, 15) is 22.7 Å². The Morgan fingerprint density at radius 1 is 1.18 bits per heavy atom. The number of hydrogen-bond acceptors (Lipinski definition) is 6. The van der Waals surface area contributed by atoms with E-state index in [4.69, 9.17) is 4.74 Å². The summed E-state index contributed by atoms with van der Waals surface area (Å²) in [5.41, 5.74) is 2.13. The van der Waals surface area contributed by atoms with Gasteiger partial charge in [0.25, 0.3) is 10.0 Å². The highest BCUT2D eigenvalue weighted by molar-refractivity contribution is 7.89. The second-order valence-corrected chi connectivity index (χ2v) is 12.3. The van der Waals surface area contributed by atoms with Crippen molar-refractivity contribution < 1.29 is 27.4 Å². The molecule has 0 unspecified atom stereocenters. The Morgan fingerprint density at radius 2 is 1.90 bits per heavy atom. The summed E-state index contributed by atoms with van der Waals surface area (Å²) >= 11 is 0. The molecule has 2 amide bonds. The fraction of sp³-hybridized carbons (Fsp3) is 0.333. The second kappa shape index (κ2) is 9.32. The molecule has 4 heterocycles. The van der Waals surface area contributed by atoms with Crippen LogP contribution in [0.15, 0.2) is 60.0 Å². The third-order valence-electron chi connectivity index (χ3n) is 7.92. The molecule has 2 aliphatic heterocycles. The summed E-state index contributed by atoms with van der Waals surface area (Å²) in [4.78, 5) is 19.2. The van der Waals surface area contributed by atoms with Gasteiger partial charge < -0.3 is 29.2 Å². The highest BCUT2D eigenvalue weighted by Gasteiger charge is 2.57. The summed E-state index contributed by atoms with van der Waals surface area (Å²) in [5.74, 6) is 0.223. The molecule has 0 bridgehead atoms. The minimum atomic E-state index is -3.86. The van der Waals surface area contributed by atoms with E-state index in [2.05, 4.69) is 10.3 Å². The molecule has 11 nitrogen and oxygen atoms in total. The molecule has 2 aromatic heterocycles. The molecule has 2 aliphatic rings. The maximum absolute atomic E-state index is 13.6. The molecule has 2 aromatic carbocycles. The van der Waals surface area contributed by atoms with Crippen LogP contribution in [0, 0.1) is 5.82 Å². The minimum Gasteiger partial charge on any atom is -0.497 e. The number of ether oxygens (including phenoxy) is 1. The van der Waals surface area contributed by atoms with E-state index in [0.29, 0.717) is 11.4 Å². The Balaban J connectivity index is 1.44. The number of halogens is 1. The number of urea groups is 1. The van der Waals surface area contributed by atoms with Gasteiger partial charge in [0.1, 0.15) is 11.6 Å². The fourth-order valence-electron chi connectivity index (χ4n) is 6.01. The van der Waals surface area contributed by atoms with Gasteiger partial charge in [-0.25, -0.2) is 22.6 Å². The molecule has 1 saturated heterocycles. The van der Waals surface area contributed by atoms with Crippen molar-refractivity contribution in [3.8, 4) is 5.75 Å². The normalized spacial score (nSPS) is 18.5. The van der Waals surface area contributed by atoms with Crippen molar-refractivity contribution in [2.45, 2.75) is 16.5 Å². The number of aromatic nitrogens is 3. The highest BCUT2D eigenvalue weighted by atomic mass is 32.2. The van der Waals surface area contributed by atoms with Crippen LogP contribution in [-0.4, -0.2) is 76.2 Å². The van der Waals surface area contributed by atoms with E-state index >= 15 is 0 Å². The third kappa shape index (κ3) is 3.95. The van der Waals surface area contributed by atoms with Gasteiger partial charge in [-0.15, -0.1) is 0 Å². The molecular weight excluding hydrogens is 539 g/mol. The van der Waals surface area contributed by atoms with Crippen LogP contribution in [-0.2, 0) is 29.5 Å². The number of aliphatic hydroxyl groups is 1. The highest BCUT2D eigenvalue weighted by Crippen LogP contribution is 2.50. The predicted octanol–water partition coefficient (Wildman–Crippen LogP) is 2.58. The van der Waals surface area contributed by atoms with Crippen molar-refractivity contribution >= 4 is 32.6 Å². The van der Waals surface area contributed by atoms with Crippen molar-refractivity contribution in [3.05, 3.63) is 72.1 Å². The van der Waals surface area contributed by atoms with Crippen LogP contribution in [0.1, 0.15) is 17.3 Å². The number of fused-ring (bicyclic) bond motifs is 4. The van der Waals surface area contributed by atoms with Crippen LogP contribution < -0.4 is 10.1 Å². The SMILES string of the molecule is COc1ccc2c3c(n(C)c2c1)[C@@H](CO)N(C(=O)Nc1ccc(F)cc1)CC31CN(S(=O)(=O)c2cn(C)cn2)C1. The number of methoxy groups -OCH3 is 1. The molecule has 1 fully saturated rings. The number of imidazole rings is 1. The maximum Gasteiger partial charge on any atom is 0.322 e. The van der Waals surface area contributed by atoms with E-state index in [0.717, 1.165) is 22.2 Å². The first kappa shape index (κ1) is 26.3. The zero-order chi connectivity index (χ0) is 28.4. The summed E-state index contributed by atoms with van der Waals surface area (Å²) < 4.78 is 50.5. The molecule has 40 heavy (non-hydrogen) atoms. The van der Waals surface area contributed by atoms with Gasteiger partial charge in [0.2, 0.25) is 0 Å². The quantitative estimate of drug-likeness (QED) is 0.382. The van der Waals surface area contributed by atoms with Crippen LogP contribution in [0.5, 0.6) is 5.75 Å². The van der Waals surface area contributed by atoms with E-state index in [1.165, 1.54) is 46.0 Å². The fourth-order valence-corrected chi connectivity index (χ4v) is 7.59. The van der Waals surface area contributed by atoms with Gasteiger partial charge in [-0.2, -0.15) is 4.31 Å². The monoisotopic (exact) mass is 568 g/mol. The van der Waals surface area contributed by atoms with Gasteiger partial charge in [0.15, 0.2) is 5.03 Å². The van der Waals surface area contributed by atoms with Gasteiger partial charge in [0.05, 0.1) is 31.6 Å². The molecule has 0 aliphatic carbocycles. The summed E-state index contributed by atoms with van der Waals surface area (Å²) in [6.07, 6.45) is 2.90. The summed E-state index contributed by atoms with van der Waals surface area (Å²) in [5, 5.41) is 14.2. The van der Waals surface area contributed by atoms with Gasteiger partial charge in [0, 0.05) is 68.2 Å². The van der Waals surface area contributed by atoms with Gasteiger partial charge in [-0.05, 0) is 42.0 Å². The third-order valence-corrected chi connectivity index (χ3v) is 9.60. The first-order chi connectivity index (χ1) is 19.1. The van der Waals surface area contributed by atoms with Crippen molar-refractivity contribution in [3.63, 3.8) is 0 Å². The first-order valence-corrected chi connectivity index (χ1v) is 14.1. The van der Waals surface area contributed by atoms with Crippen LogP contribution >= 0.6 is 0 Å². The lowest BCUT2D eigenvalue weighted by Crippen LogP contribution is -2.68. The number of sulfonamides is 1. The zero-order valence-electron chi connectivity index (χ0n) is 22.2. The molecule has 0 radical (unpaired) electrons. The van der Waals surface area contributed by atoms with Gasteiger partial charge >= 0.3 is 6.03 Å². The molecule has 13 heteroatoms. The Bertz CT molecular complexity index is 1730. The largest absolute Gasteiger partial charge is 0.497 e. The topological polar surface area (TPSA) is 122 Å². The Kier molecular flexibility index (Phi) is 6.13. The summed E-state index contributed by atoms with van der Waals surface area (Å²) in [6, 6.07) is 9.90. The van der Waals surface area contributed by atoms with E-state index in [1.54, 1.807) is 18.7 Å². The molecule has 1 spiro atoms. The number of carbonyl (C=O) groups is 1. The van der Waals surface area contributed by atoms with Crippen molar-refractivity contribution in [2.24, 2.45) is 14.1 Å². The Morgan fingerprint density at radius 3 is 2.52 bits per heavy atom. The van der Waals surface area contributed by atoms with Crippen molar-refractivity contribution in [1.29, 1.82) is 0 Å². The molecular formula is C27H29FN6O5S. The summed E-state index contributed by atoms with van der Waals surface area (Å²) in [6.45, 7) is 0.0693. The summed E-state index contributed by atoms with van der Waals surface area (Å²) in [7, 11) is 1.29. The molecule has 210 valence electrons. The smallest absolute Gasteiger partial charge is 0.322 e. The van der Waals surface area contributed by atoms with Crippen LogP contribution in [0.3, 0.4) is 0 Å². The van der Waals surface area contributed by atoms with Crippen molar-refractivity contribution in [1.82, 2.24) is 23.3 Å². The number of carbonyl (C=O) groups excluding carboxylic acids is 1. The standard InChI is InChI=1S/C27H29FN6O5S/c1-31-11-23(29-16-31)40(37,38)33-13-27(14-33)15-34(26(36)30-18-6-4-17(28)5-7-18)22(12-35)25-24(27)20-9-8-19(39-3)10-21(20)32(25)2/h4-11,16,22,35H,12-15H2,1-3H3,(H,30,36)/t22-/m1/s1. The molecule has 4 aromatic rings. The predicted molar refractivity (Wildman–Crippen MR) is 145 cm³/mol. The van der Waals surface area contributed by atoms with E-state index in [-0.39, 0.29) is 31.3 Å². The number of amides is 2. The van der Waals surface area contributed by atoms with Gasteiger partial charge in [-0.1, -0.05) is 0 Å². The average Bonchev–Trinajstić information content (AvgIpc) is 3.49. The van der Waals surface area contributed by atoms with Crippen LogP contribution in [0.25, 0.3) is 10.9 Å². The number of benzene rings is 2. The van der Waals surface area contributed by atoms with E-state index in [1.807, 2.05) is 29.8 Å². The van der Waals surface area contributed by atoms with Crippen LogP contribution in [0.2, 0.25) is 0 Å². The van der Waals surface area contributed by atoms with E-state index < -0.39 is 33.3 Å².